The number of urea groups is 1. The number of hydrazine groups is 1. The lowest BCUT2D eigenvalue weighted by atomic mass is 9.91. The number of halogens is 2. The summed E-state index contributed by atoms with van der Waals surface area (Å²) in [5.74, 6) is -0.865. The van der Waals surface area contributed by atoms with Gasteiger partial charge in [-0.25, -0.2) is 20.1 Å². The monoisotopic (exact) mass is 626 g/mol. The van der Waals surface area contributed by atoms with E-state index in [1.54, 1.807) is 18.3 Å². The highest BCUT2D eigenvalue weighted by Crippen LogP contribution is 2.26. The minimum absolute atomic E-state index is 0.0149. The highest BCUT2D eigenvalue weighted by Gasteiger charge is 2.30. The Morgan fingerprint density at radius 3 is 2.59 bits per heavy atom. The summed E-state index contributed by atoms with van der Waals surface area (Å²) in [5.41, 5.74) is 8.05. The second-order valence-corrected chi connectivity index (χ2v) is 11.9. The average molecular weight is 627 g/mol. The van der Waals surface area contributed by atoms with Crippen LogP contribution in [0.25, 0.3) is 6.08 Å². The van der Waals surface area contributed by atoms with Crippen LogP contribution in [0.2, 0.25) is 5.02 Å². The Bertz CT molecular complexity index is 1360. The highest BCUT2D eigenvalue weighted by molar-refractivity contribution is 6.31. The van der Waals surface area contributed by atoms with Crippen molar-refractivity contribution in [3.05, 3.63) is 76.2 Å². The second kappa shape index (κ2) is 15.0. The third-order valence-electron chi connectivity index (χ3n) is 8.65. The molecular weight excluding hydrogens is 587 g/mol. The van der Waals surface area contributed by atoms with Crippen molar-refractivity contribution >= 4 is 35.5 Å². The first-order valence-electron chi connectivity index (χ1n) is 15.2. The molecule has 0 radical (unpaired) electrons. The summed E-state index contributed by atoms with van der Waals surface area (Å²) in [4.78, 5) is 50.4. The molecular formula is C32H40ClFN6O4. The topological polar surface area (TPSA) is 97.5 Å². The molecule has 4 amide bonds. The molecule has 2 aromatic carbocycles. The van der Waals surface area contributed by atoms with Gasteiger partial charge in [-0.05, 0) is 48.1 Å². The maximum Gasteiger partial charge on any atom is 0.345 e. The molecule has 2 aliphatic heterocycles. The summed E-state index contributed by atoms with van der Waals surface area (Å²) in [6, 6.07) is 11.9. The molecule has 5 rings (SSSR count). The van der Waals surface area contributed by atoms with Gasteiger partial charge < -0.3 is 4.90 Å². The fourth-order valence-electron chi connectivity index (χ4n) is 5.82. The van der Waals surface area contributed by atoms with E-state index in [0.29, 0.717) is 31.2 Å². The third kappa shape index (κ3) is 7.95. The highest BCUT2D eigenvalue weighted by atomic mass is 35.5. The molecule has 2 heterocycles. The lowest BCUT2D eigenvalue weighted by Gasteiger charge is -2.43. The van der Waals surface area contributed by atoms with Crippen LogP contribution in [-0.4, -0.2) is 82.4 Å². The van der Waals surface area contributed by atoms with Crippen molar-refractivity contribution in [2.24, 2.45) is 0 Å². The number of hydroxylamine groups is 1. The minimum atomic E-state index is -0.613. The van der Waals surface area contributed by atoms with E-state index < -0.39 is 17.9 Å². The van der Waals surface area contributed by atoms with Gasteiger partial charge in [-0.2, -0.15) is 0 Å². The summed E-state index contributed by atoms with van der Waals surface area (Å²) < 4.78 is 14.0. The van der Waals surface area contributed by atoms with Gasteiger partial charge in [0.2, 0.25) is 11.8 Å². The van der Waals surface area contributed by atoms with Crippen molar-refractivity contribution in [3.8, 4) is 0 Å². The number of nitrogens with zero attached hydrogens (tertiary/aromatic N) is 4. The number of benzene rings is 2. The first-order chi connectivity index (χ1) is 21.3. The molecule has 12 heteroatoms. The van der Waals surface area contributed by atoms with Crippen LogP contribution in [0.3, 0.4) is 0 Å². The van der Waals surface area contributed by atoms with E-state index in [9.17, 15) is 18.8 Å². The lowest BCUT2D eigenvalue weighted by molar-refractivity contribution is -0.140. The molecule has 0 unspecified atom stereocenters. The van der Waals surface area contributed by atoms with Crippen molar-refractivity contribution in [2.75, 3.05) is 32.8 Å². The SMILES string of the molecule is CC(=O)N(NCc1cccc(F)c1Cl)[C@@H](CCC(=O)N1CCN(C2CCC2)CC1)CONC(=O)N1C=Cc2ccccc2C1. The molecule has 2 N–H and O–H groups in total. The van der Waals surface area contributed by atoms with Crippen LogP contribution in [0, 0.1) is 5.82 Å². The van der Waals surface area contributed by atoms with E-state index >= 15 is 0 Å². The molecule has 2 aromatic rings. The molecule has 0 bridgehead atoms. The smallest absolute Gasteiger partial charge is 0.340 e. The molecule has 1 saturated heterocycles. The maximum absolute atomic E-state index is 14.0. The van der Waals surface area contributed by atoms with Gasteiger partial charge in [0.1, 0.15) is 5.82 Å². The molecule has 10 nitrogen and oxygen atoms in total. The Hall–Kier alpha value is -3.51. The fourth-order valence-corrected chi connectivity index (χ4v) is 6.01. The van der Waals surface area contributed by atoms with Crippen molar-refractivity contribution in [1.29, 1.82) is 0 Å². The van der Waals surface area contributed by atoms with Crippen LogP contribution in [0.5, 0.6) is 0 Å². The number of hydrogen-bond donors (Lipinski definition) is 2. The van der Waals surface area contributed by atoms with Crippen LogP contribution in [0.15, 0.2) is 48.7 Å². The predicted octanol–water partition coefficient (Wildman–Crippen LogP) is 4.31. The molecule has 236 valence electrons. The first kappa shape index (κ1) is 31.9. The molecule has 1 aliphatic carbocycles. The van der Waals surface area contributed by atoms with E-state index in [1.807, 2.05) is 35.2 Å². The number of hydrogen-bond acceptors (Lipinski definition) is 6. The van der Waals surface area contributed by atoms with Gasteiger partial charge in [0.25, 0.3) is 0 Å². The summed E-state index contributed by atoms with van der Waals surface area (Å²) in [7, 11) is 0. The zero-order valence-electron chi connectivity index (χ0n) is 25.0. The van der Waals surface area contributed by atoms with Gasteiger partial charge >= 0.3 is 6.03 Å². The van der Waals surface area contributed by atoms with E-state index in [1.165, 1.54) is 42.2 Å². The van der Waals surface area contributed by atoms with Crippen LogP contribution in [0.4, 0.5) is 9.18 Å². The first-order valence-corrected chi connectivity index (χ1v) is 15.6. The Morgan fingerprint density at radius 2 is 1.86 bits per heavy atom. The zero-order chi connectivity index (χ0) is 31.1. The molecule has 0 spiro atoms. The minimum Gasteiger partial charge on any atom is -0.340 e. The predicted molar refractivity (Wildman–Crippen MR) is 165 cm³/mol. The van der Waals surface area contributed by atoms with Crippen LogP contribution >= 0.6 is 11.6 Å². The summed E-state index contributed by atoms with van der Waals surface area (Å²) in [6.07, 6.45) is 7.79. The fraction of sp³-hybridized carbons (Fsp3) is 0.469. The zero-order valence-corrected chi connectivity index (χ0v) is 25.8. The summed E-state index contributed by atoms with van der Waals surface area (Å²) in [5, 5.41) is 1.34. The van der Waals surface area contributed by atoms with E-state index in [4.69, 9.17) is 16.4 Å². The normalized spacial score (nSPS) is 17.5. The Morgan fingerprint density at radius 1 is 1.09 bits per heavy atom. The van der Waals surface area contributed by atoms with Gasteiger partial charge in [-0.15, -0.1) is 0 Å². The van der Waals surface area contributed by atoms with E-state index in [-0.39, 0.29) is 42.8 Å². The molecule has 2 fully saturated rings. The van der Waals surface area contributed by atoms with Gasteiger partial charge in [0, 0.05) is 58.3 Å². The molecule has 1 atom stereocenters. The van der Waals surface area contributed by atoms with Crippen LogP contribution < -0.4 is 10.9 Å². The summed E-state index contributed by atoms with van der Waals surface area (Å²) >= 11 is 6.14. The number of carbonyl (C=O) groups is 3. The third-order valence-corrected chi connectivity index (χ3v) is 9.07. The quantitative estimate of drug-likeness (QED) is 0.361. The molecule has 1 saturated carbocycles. The van der Waals surface area contributed by atoms with Gasteiger partial charge in [0.15, 0.2) is 0 Å². The van der Waals surface area contributed by atoms with Gasteiger partial charge in [-0.1, -0.05) is 54.4 Å². The lowest BCUT2D eigenvalue weighted by Crippen LogP contribution is -2.54. The van der Waals surface area contributed by atoms with Crippen LogP contribution in [0.1, 0.15) is 55.7 Å². The van der Waals surface area contributed by atoms with Crippen molar-refractivity contribution < 1.29 is 23.6 Å². The van der Waals surface area contributed by atoms with Gasteiger partial charge in [0.05, 0.1) is 24.2 Å². The van der Waals surface area contributed by atoms with E-state index in [0.717, 1.165) is 24.2 Å². The van der Waals surface area contributed by atoms with Crippen molar-refractivity contribution in [3.63, 3.8) is 0 Å². The molecule has 3 aliphatic rings. The van der Waals surface area contributed by atoms with Crippen molar-refractivity contribution in [2.45, 2.75) is 64.2 Å². The Balaban J connectivity index is 1.19. The average Bonchev–Trinajstić information content (AvgIpc) is 3.00. The van der Waals surface area contributed by atoms with Gasteiger partial charge in [-0.3, -0.25) is 29.2 Å². The van der Waals surface area contributed by atoms with E-state index in [2.05, 4.69) is 15.8 Å². The number of piperazine rings is 1. The number of amides is 4. The Kier molecular flexibility index (Phi) is 10.9. The molecule has 44 heavy (non-hydrogen) atoms. The second-order valence-electron chi connectivity index (χ2n) is 11.5. The Labute approximate surface area is 262 Å². The largest absolute Gasteiger partial charge is 0.345 e. The van der Waals surface area contributed by atoms with Crippen molar-refractivity contribution in [1.82, 2.24) is 30.6 Å². The standard InChI is InChI=1S/C32H40ClFN6O4/c1-23(41)40(35-20-25-8-4-11-29(34)31(25)33)28(12-13-30(42)38-18-16-37(17-19-38)27-9-5-10-27)22-44-36-32(43)39-15-14-24-6-2-3-7-26(24)21-39/h2-4,6-8,11,14-15,27-28,35H,5,9-10,12-13,16-22H2,1H3,(H,36,43)/t28-/m0/s1. The number of nitrogens with one attached hydrogen (secondary N) is 2. The number of carbonyl (C=O) groups excluding carboxylic acids is 3. The number of rotatable bonds is 11. The molecule has 0 aromatic heterocycles. The summed E-state index contributed by atoms with van der Waals surface area (Å²) in [6.45, 7) is 4.91. The number of fused-ring (bicyclic) bond motifs is 1. The maximum atomic E-state index is 14.0. The van der Waals surface area contributed by atoms with Crippen LogP contribution in [-0.2, 0) is 27.5 Å².